The van der Waals surface area contributed by atoms with E-state index in [4.69, 9.17) is 11.6 Å². The van der Waals surface area contributed by atoms with Gasteiger partial charge in [0.15, 0.2) is 0 Å². The zero-order valence-corrected chi connectivity index (χ0v) is 13.9. The Bertz CT molecular complexity index is 832. The van der Waals surface area contributed by atoms with E-state index in [9.17, 15) is 4.79 Å². The number of rotatable bonds is 5. The monoisotopic (exact) mass is 342 g/mol. The molecule has 3 aromatic rings. The molecule has 1 aromatic heterocycles. The van der Waals surface area contributed by atoms with Gasteiger partial charge in [-0.3, -0.25) is 4.79 Å². The van der Waals surface area contributed by atoms with Gasteiger partial charge < -0.3 is 4.98 Å². The van der Waals surface area contributed by atoms with Crippen LogP contribution in [-0.2, 0) is 11.5 Å². The van der Waals surface area contributed by atoms with Crippen LogP contribution in [0.25, 0.3) is 11.4 Å². The van der Waals surface area contributed by atoms with Crippen molar-refractivity contribution >= 4 is 23.4 Å². The van der Waals surface area contributed by atoms with Gasteiger partial charge in [-0.15, -0.1) is 0 Å². The van der Waals surface area contributed by atoms with E-state index in [-0.39, 0.29) is 5.56 Å². The first-order valence-electron chi connectivity index (χ1n) is 7.18. The number of nitrogens with zero attached hydrogens (tertiary/aromatic N) is 1. The van der Waals surface area contributed by atoms with Crippen LogP contribution in [0, 0.1) is 0 Å². The van der Waals surface area contributed by atoms with Gasteiger partial charge in [-0.1, -0.05) is 54.1 Å². The second-order valence-electron chi connectivity index (χ2n) is 5.07. The summed E-state index contributed by atoms with van der Waals surface area (Å²) in [7, 11) is 0. The summed E-state index contributed by atoms with van der Waals surface area (Å²) in [4.78, 5) is 19.2. The molecule has 1 N–H and O–H groups in total. The number of nitrogens with one attached hydrogen (secondary N) is 1. The van der Waals surface area contributed by atoms with Gasteiger partial charge >= 0.3 is 0 Å². The van der Waals surface area contributed by atoms with Crippen LogP contribution in [0.5, 0.6) is 0 Å². The topological polar surface area (TPSA) is 45.8 Å². The Morgan fingerprint density at radius 1 is 1.00 bits per heavy atom. The number of halogens is 1. The molecule has 5 heteroatoms. The van der Waals surface area contributed by atoms with Gasteiger partial charge in [0, 0.05) is 28.2 Å². The molecule has 0 radical (unpaired) electrons. The molecule has 1 heterocycles. The predicted octanol–water partition coefficient (Wildman–Crippen LogP) is 4.52. The molecule has 0 aliphatic rings. The Morgan fingerprint density at radius 2 is 1.74 bits per heavy atom. The molecule has 0 atom stereocenters. The summed E-state index contributed by atoms with van der Waals surface area (Å²) < 4.78 is 0. The number of hydrogen-bond acceptors (Lipinski definition) is 3. The van der Waals surface area contributed by atoms with E-state index in [1.54, 1.807) is 17.8 Å². The van der Waals surface area contributed by atoms with Crippen molar-refractivity contribution in [3.63, 3.8) is 0 Å². The maximum Gasteiger partial charge on any atom is 0.251 e. The highest BCUT2D eigenvalue weighted by Gasteiger charge is 2.04. The second-order valence-corrected chi connectivity index (χ2v) is 6.49. The zero-order chi connectivity index (χ0) is 16.1. The first kappa shape index (κ1) is 15.8. The highest BCUT2D eigenvalue weighted by molar-refractivity contribution is 7.97. The van der Waals surface area contributed by atoms with Crippen molar-refractivity contribution in [2.45, 2.75) is 11.5 Å². The average Bonchev–Trinajstić information content (AvgIpc) is 2.57. The normalized spacial score (nSPS) is 10.7. The lowest BCUT2D eigenvalue weighted by Crippen LogP contribution is -2.09. The van der Waals surface area contributed by atoms with Crippen molar-refractivity contribution in [3.8, 4) is 11.4 Å². The number of hydrogen-bond donors (Lipinski definition) is 1. The van der Waals surface area contributed by atoms with Gasteiger partial charge in [0.05, 0.1) is 5.69 Å². The first-order chi connectivity index (χ1) is 11.2. The summed E-state index contributed by atoms with van der Waals surface area (Å²) in [6.45, 7) is 0. The summed E-state index contributed by atoms with van der Waals surface area (Å²) in [5.41, 5.74) is 2.77. The van der Waals surface area contributed by atoms with Crippen molar-refractivity contribution in [2.75, 3.05) is 0 Å². The molecular formula is C18H15ClN2OS. The molecule has 0 aliphatic carbocycles. The van der Waals surface area contributed by atoms with Gasteiger partial charge in [0.2, 0.25) is 0 Å². The van der Waals surface area contributed by atoms with Crippen LogP contribution in [0.3, 0.4) is 0 Å². The number of thioether (sulfide) groups is 1. The Kier molecular flexibility index (Phi) is 5.16. The van der Waals surface area contributed by atoms with E-state index in [1.807, 2.05) is 54.6 Å². The van der Waals surface area contributed by atoms with E-state index in [2.05, 4.69) is 9.97 Å². The molecule has 2 aromatic carbocycles. The molecule has 0 saturated carbocycles. The Hall–Kier alpha value is -2.04. The minimum Gasteiger partial charge on any atom is -0.307 e. The molecule has 3 nitrogen and oxygen atoms in total. The quantitative estimate of drug-likeness (QED) is 0.741. The molecule has 116 valence electrons. The predicted molar refractivity (Wildman–Crippen MR) is 96.7 cm³/mol. The van der Waals surface area contributed by atoms with Gasteiger partial charge in [0.25, 0.3) is 5.56 Å². The molecule has 0 spiro atoms. The number of benzene rings is 2. The average molecular weight is 343 g/mol. The van der Waals surface area contributed by atoms with Crippen LogP contribution >= 0.6 is 23.4 Å². The van der Waals surface area contributed by atoms with Crippen molar-refractivity contribution in [1.82, 2.24) is 9.97 Å². The van der Waals surface area contributed by atoms with E-state index >= 15 is 0 Å². The van der Waals surface area contributed by atoms with Crippen molar-refractivity contribution in [2.24, 2.45) is 0 Å². The second kappa shape index (κ2) is 7.49. The van der Waals surface area contributed by atoms with Gasteiger partial charge in [-0.2, -0.15) is 11.8 Å². The third kappa shape index (κ3) is 4.47. The Labute approximate surface area is 143 Å². The molecule has 0 unspecified atom stereocenters. The Morgan fingerprint density at radius 3 is 2.48 bits per heavy atom. The van der Waals surface area contributed by atoms with Gasteiger partial charge in [-0.05, 0) is 17.7 Å². The highest BCUT2D eigenvalue weighted by Crippen LogP contribution is 2.19. The van der Waals surface area contributed by atoms with Gasteiger partial charge in [-0.25, -0.2) is 4.98 Å². The minimum atomic E-state index is -0.124. The highest BCUT2D eigenvalue weighted by atomic mass is 35.5. The molecule has 23 heavy (non-hydrogen) atoms. The van der Waals surface area contributed by atoms with Crippen molar-refractivity contribution in [3.05, 3.63) is 87.3 Å². The zero-order valence-electron chi connectivity index (χ0n) is 12.3. The van der Waals surface area contributed by atoms with E-state index in [0.29, 0.717) is 11.6 Å². The van der Waals surface area contributed by atoms with Crippen LogP contribution in [0.1, 0.15) is 11.3 Å². The first-order valence-corrected chi connectivity index (χ1v) is 8.72. The van der Waals surface area contributed by atoms with Crippen molar-refractivity contribution in [1.29, 1.82) is 0 Å². The summed E-state index contributed by atoms with van der Waals surface area (Å²) >= 11 is 7.60. The largest absolute Gasteiger partial charge is 0.307 e. The van der Waals surface area contributed by atoms with Crippen LogP contribution < -0.4 is 5.56 Å². The van der Waals surface area contributed by atoms with Crippen LogP contribution in [-0.4, -0.2) is 9.97 Å². The summed E-state index contributed by atoms with van der Waals surface area (Å²) in [6.07, 6.45) is 0. The SMILES string of the molecule is O=c1cc(CSCc2ccc(Cl)cc2)nc(-c2ccccc2)[nH]1. The lowest BCUT2D eigenvalue weighted by atomic mass is 10.2. The maximum atomic E-state index is 11.8. The molecule has 0 fully saturated rings. The lowest BCUT2D eigenvalue weighted by molar-refractivity contribution is 1.06. The minimum absolute atomic E-state index is 0.124. The van der Waals surface area contributed by atoms with Crippen molar-refractivity contribution < 1.29 is 0 Å². The van der Waals surface area contributed by atoms with E-state index in [0.717, 1.165) is 22.0 Å². The summed E-state index contributed by atoms with van der Waals surface area (Å²) in [6, 6.07) is 19.0. The number of aromatic nitrogens is 2. The standard InChI is InChI=1S/C18H15ClN2OS/c19-15-8-6-13(7-9-15)11-23-12-16-10-17(22)21-18(20-16)14-4-2-1-3-5-14/h1-10H,11-12H2,(H,20,21,22). The third-order valence-corrected chi connectivity index (χ3v) is 4.56. The fraction of sp³-hybridized carbons (Fsp3) is 0.111. The number of aromatic amines is 1. The Balaban J connectivity index is 1.69. The summed E-state index contributed by atoms with van der Waals surface area (Å²) in [5, 5.41) is 0.738. The fourth-order valence-electron chi connectivity index (χ4n) is 2.17. The lowest BCUT2D eigenvalue weighted by Gasteiger charge is -2.05. The van der Waals surface area contributed by atoms with Crippen LogP contribution in [0.4, 0.5) is 0 Å². The summed E-state index contributed by atoms with van der Waals surface area (Å²) in [5.74, 6) is 2.15. The van der Waals surface area contributed by atoms with Gasteiger partial charge in [0.1, 0.15) is 5.82 Å². The molecule has 0 saturated heterocycles. The van der Waals surface area contributed by atoms with E-state index in [1.165, 1.54) is 5.56 Å². The smallest absolute Gasteiger partial charge is 0.251 e. The molecule has 0 aliphatic heterocycles. The number of H-pyrrole nitrogens is 1. The van der Waals surface area contributed by atoms with E-state index < -0.39 is 0 Å². The fourth-order valence-corrected chi connectivity index (χ4v) is 3.18. The third-order valence-electron chi connectivity index (χ3n) is 3.27. The van der Waals surface area contributed by atoms with Crippen LogP contribution in [0.15, 0.2) is 65.5 Å². The maximum absolute atomic E-state index is 11.8. The van der Waals surface area contributed by atoms with Crippen LogP contribution in [0.2, 0.25) is 5.02 Å². The molecule has 3 rings (SSSR count). The molecule has 0 bridgehead atoms. The molecule has 0 amide bonds. The molecular weight excluding hydrogens is 328 g/mol.